The van der Waals surface area contributed by atoms with Crippen molar-refractivity contribution < 1.29 is 4.79 Å². The number of pyridine rings is 1. The molecule has 0 N–H and O–H groups in total. The van der Waals surface area contributed by atoms with E-state index in [9.17, 15) is 9.59 Å². The van der Waals surface area contributed by atoms with Crippen LogP contribution >= 0.6 is 0 Å². The van der Waals surface area contributed by atoms with Crippen LogP contribution in [0.25, 0.3) is 16.6 Å². The van der Waals surface area contributed by atoms with Crippen LogP contribution in [0.4, 0.5) is 0 Å². The summed E-state index contributed by atoms with van der Waals surface area (Å²) in [5, 5.41) is 0.699. The number of rotatable bonds is 5. The van der Waals surface area contributed by atoms with Crippen molar-refractivity contribution in [1.82, 2.24) is 4.57 Å². The van der Waals surface area contributed by atoms with Crippen LogP contribution < -0.4 is 5.43 Å². The maximum absolute atomic E-state index is 13.5. The van der Waals surface area contributed by atoms with E-state index < -0.39 is 0 Å². The number of aromatic nitrogens is 1. The Hall–Kier alpha value is -2.68. The third-order valence-corrected chi connectivity index (χ3v) is 5.99. The molecule has 28 heavy (non-hydrogen) atoms. The van der Waals surface area contributed by atoms with Gasteiger partial charge in [-0.1, -0.05) is 69.4 Å². The Labute approximate surface area is 166 Å². The minimum absolute atomic E-state index is 0.0326. The Morgan fingerprint density at radius 2 is 1.64 bits per heavy atom. The van der Waals surface area contributed by atoms with Gasteiger partial charge in [-0.05, 0) is 36.6 Å². The van der Waals surface area contributed by atoms with Crippen molar-refractivity contribution in [2.45, 2.75) is 51.9 Å². The first-order valence-electron chi connectivity index (χ1n) is 10.5. The largest absolute Gasteiger partial charge is 0.306 e. The second-order valence-corrected chi connectivity index (χ2v) is 7.83. The van der Waals surface area contributed by atoms with Gasteiger partial charge in [0, 0.05) is 23.1 Å². The van der Waals surface area contributed by atoms with Gasteiger partial charge in [0.15, 0.2) is 11.2 Å². The lowest BCUT2D eigenvalue weighted by molar-refractivity contribution is 0.0980. The second-order valence-electron chi connectivity index (χ2n) is 7.83. The second kappa shape index (κ2) is 8.14. The van der Waals surface area contributed by atoms with Crippen LogP contribution in [0.5, 0.6) is 0 Å². The Bertz CT molecular complexity index is 1040. The highest BCUT2D eigenvalue weighted by Crippen LogP contribution is 2.29. The number of carbonyl (C=O) groups is 1. The fourth-order valence-corrected chi connectivity index (χ4v) is 4.56. The summed E-state index contributed by atoms with van der Waals surface area (Å²) in [6.45, 7) is 1.88. The van der Waals surface area contributed by atoms with E-state index in [4.69, 9.17) is 0 Å². The lowest BCUT2D eigenvalue weighted by atomic mass is 9.83. The first kappa shape index (κ1) is 18.7. The molecule has 1 fully saturated rings. The van der Waals surface area contributed by atoms with E-state index in [-0.39, 0.29) is 11.2 Å². The smallest absolute Gasteiger partial charge is 0.193 e. The Balaban J connectivity index is 2.02. The highest BCUT2D eigenvalue weighted by Gasteiger charge is 2.25. The maximum Gasteiger partial charge on any atom is 0.193 e. The van der Waals surface area contributed by atoms with E-state index in [2.05, 4.69) is 0 Å². The molecule has 1 aliphatic rings. The van der Waals surface area contributed by atoms with Gasteiger partial charge in [0.1, 0.15) is 0 Å². The summed E-state index contributed by atoms with van der Waals surface area (Å²) in [6, 6.07) is 17.6. The molecule has 0 atom stereocenters. The number of hydrogen-bond donors (Lipinski definition) is 0. The number of carbonyl (C=O) groups excluding carboxylic acids is 1. The molecule has 1 aromatic heterocycles. The number of nitrogens with zero attached hydrogens (tertiary/aromatic N) is 1. The summed E-state index contributed by atoms with van der Waals surface area (Å²) in [6.07, 6.45) is 7.13. The number of ketones is 1. The van der Waals surface area contributed by atoms with Gasteiger partial charge < -0.3 is 4.57 Å². The standard InChI is InChI=1S/C25H27NO2/c1-2-23(27)24-21(17-18-11-5-3-6-12-18)25(28)20-15-9-10-16-22(20)26(24)19-13-7-4-8-14-19/h4,7-10,13-16,18H,2-3,5-6,11-12,17H2,1H3. The molecular weight excluding hydrogens is 346 g/mol. The van der Waals surface area contributed by atoms with E-state index >= 15 is 0 Å². The number of hydrogen-bond acceptors (Lipinski definition) is 2. The van der Waals surface area contributed by atoms with Crippen molar-refractivity contribution in [3.05, 3.63) is 76.1 Å². The van der Waals surface area contributed by atoms with Gasteiger partial charge in [-0.2, -0.15) is 0 Å². The molecule has 0 saturated heterocycles. The van der Waals surface area contributed by atoms with E-state index in [1.165, 1.54) is 19.3 Å². The minimum atomic E-state index is 0.0326. The molecule has 0 amide bonds. The van der Waals surface area contributed by atoms with Crippen LogP contribution in [0.2, 0.25) is 0 Å². The number of benzene rings is 2. The zero-order valence-electron chi connectivity index (χ0n) is 16.5. The van der Waals surface area contributed by atoms with Crippen LogP contribution in [0.15, 0.2) is 59.4 Å². The van der Waals surface area contributed by atoms with Crippen LogP contribution in [0.1, 0.15) is 61.5 Å². The summed E-state index contributed by atoms with van der Waals surface area (Å²) >= 11 is 0. The van der Waals surface area contributed by atoms with Crippen LogP contribution in [-0.2, 0) is 6.42 Å². The Kier molecular flexibility index (Phi) is 5.43. The molecule has 0 spiro atoms. The maximum atomic E-state index is 13.5. The van der Waals surface area contributed by atoms with E-state index in [1.54, 1.807) is 0 Å². The molecule has 3 aromatic rings. The molecule has 1 aliphatic carbocycles. The normalized spacial score (nSPS) is 15.0. The lowest BCUT2D eigenvalue weighted by Crippen LogP contribution is -2.26. The predicted octanol–water partition coefficient (Wildman–Crippen LogP) is 5.71. The summed E-state index contributed by atoms with van der Waals surface area (Å²) in [5.74, 6) is 0.535. The Morgan fingerprint density at radius 1 is 0.964 bits per heavy atom. The number of fused-ring (bicyclic) bond motifs is 1. The predicted molar refractivity (Wildman–Crippen MR) is 114 cm³/mol. The molecule has 2 aromatic carbocycles. The SMILES string of the molecule is CCC(=O)c1c(CC2CCCCC2)c(=O)c2ccccc2n1-c1ccccc1. The van der Waals surface area contributed by atoms with Gasteiger partial charge in [-0.15, -0.1) is 0 Å². The molecule has 3 heteroatoms. The number of para-hydroxylation sites is 2. The van der Waals surface area contributed by atoms with Gasteiger partial charge >= 0.3 is 0 Å². The van der Waals surface area contributed by atoms with Crippen molar-refractivity contribution in [2.24, 2.45) is 5.92 Å². The number of Topliss-reactive ketones (excluding diaryl/α,β-unsaturated/α-hetero) is 1. The monoisotopic (exact) mass is 373 g/mol. The highest BCUT2D eigenvalue weighted by molar-refractivity contribution is 5.99. The molecule has 3 nitrogen and oxygen atoms in total. The molecule has 0 unspecified atom stereocenters. The summed E-state index contributed by atoms with van der Waals surface area (Å²) in [5.41, 5.74) is 3.07. The van der Waals surface area contributed by atoms with Crippen molar-refractivity contribution in [3.8, 4) is 5.69 Å². The average molecular weight is 373 g/mol. The molecule has 144 valence electrons. The topological polar surface area (TPSA) is 39.1 Å². The summed E-state index contributed by atoms with van der Waals surface area (Å²) in [4.78, 5) is 26.6. The zero-order valence-corrected chi connectivity index (χ0v) is 16.5. The van der Waals surface area contributed by atoms with Crippen molar-refractivity contribution >= 4 is 16.7 Å². The molecule has 4 rings (SSSR count). The van der Waals surface area contributed by atoms with Crippen molar-refractivity contribution in [2.75, 3.05) is 0 Å². The van der Waals surface area contributed by atoms with Gasteiger partial charge in [-0.25, -0.2) is 0 Å². The summed E-state index contributed by atoms with van der Waals surface area (Å²) < 4.78 is 2.01. The molecular formula is C25H27NO2. The molecule has 0 aliphatic heterocycles. The molecule has 0 bridgehead atoms. The molecule has 1 saturated carbocycles. The van der Waals surface area contributed by atoms with Crippen molar-refractivity contribution in [1.29, 1.82) is 0 Å². The fourth-order valence-electron chi connectivity index (χ4n) is 4.56. The fraction of sp³-hybridized carbons (Fsp3) is 0.360. The van der Waals surface area contributed by atoms with Gasteiger partial charge in [0.05, 0.1) is 11.2 Å². The van der Waals surface area contributed by atoms with Gasteiger partial charge in [0.25, 0.3) is 0 Å². The highest BCUT2D eigenvalue weighted by atomic mass is 16.1. The van der Waals surface area contributed by atoms with Crippen LogP contribution in [-0.4, -0.2) is 10.4 Å². The lowest BCUT2D eigenvalue weighted by Gasteiger charge is -2.25. The first-order valence-corrected chi connectivity index (χ1v) is 10.5. The van der Waals surface area contributed by atoms with Gasteiger partial charge in [0.2, 0.25) is 0 Å². The van der Waals surface area contributed by atoms with E-state index in [0.29, 0.717) is 35.4 Å². The van der Waals surface area contributed by atoms with Gasteiger partial charge in [-0.3, -0.25) is 9.59 Å². The zero-order chi connectivity index (χ0) is 19.5. The average Bonchev–Trinajstić information content (AvgIpc) is 2.76. The third kappa shape index (κ3) is 3.42. The van der Waals surface area contributed by atoms with Crippen LogP contribution in [0.3, 0.4) is 0 Å². The quantitative estimate of drug-likeness (QED) is 0.538. The summed E-state index contributed by atoms with van der Waals surface area (Å²) in [7, 11) is 0. The van der Waals surface area contributed by atoms with Crippen molar-refractivity contribution in [3.63, 3.8) is 0 Å². The molecule has 0 radical (unpaired) electrons. The van der Waals surface area contributed by atoms with E-state index in [1.807, 2.05) is 66.1 Å². The first-order chi connectivity index (χ1) is 13.7. The van der Waals surface area contributed by atoms with E-state index in [0.717, 1.165) is 24.0 Å². The van der Waals surface area contributed by atoms with Crippen LogP contribution in [0, 0.1) is 5.92 Å². The molecule has 1 heterocycles. The Morgan fingerprint density at radius 3 is 2.36 bits per heavy atom. The third-order valence-electron chi connectivity index (χ3n) is 5.99. The minimum Gasteiger partial charge on any atom is -0.306 e.